The molecule has 2 amide bonds. The summed E-state index contributed by atoms with van der Waals surface area (Å²) in [5.74, 6) is -0.328. The van der Waals surface area contributed by atoms with Crippen LogP contribution in [0.1, 0.15) is 38.2 Å². The molecular formula is C20H21BrN2O2S2. The number of thiocarbonyl (C=S) groups is 1. The zero-order valence-electron chi connectivity index (χ0n) is 15.2. The van der Waals surface area contributed by atoms with E-state index < -0.39 is 0 Å². The molecule has 0 atom stereocenters. The standard InChI is InChI=1S/C20H21BrN2O2S2/c1-3-5-6-7-11-22-15-9-8-13(21)12-14(15)16(18(22)24)17-19(25)23(10-4-2)20(26)27-17/h4,8-9,12H,2-3,5-7,10-11H2,1H3. The number of amides is 2. The minimum atomic E-state index is -0.216. The van der Waals surface area contributed by atoms with Gasteiger partial charge in [-0.1, -0.05) is 72.2 Å². The van der Waals surface area contributed by atoms with Crippen molar-refractivity contribution in [3.63, 3.8) is 0 Å². The van der Waals surface area contributed by atoms with Gasteiger partial charge in [-0.25, -0.2) is 0 Å². The largest absolute Gasteiger partial charge is 0.308 e. The van der Waals surface area contributed by atoms with E-state index in [1.54, 1.807) is 11.0 Å². The van der Waals surface area contributed by atoms with Gasteiger partial charge in [0.15, 0.2) is 0 Å². The van der Waals surface area contributed by atoms with E-state index in [4.69, 9.17) is 12.2 Å². The van der Waals surface area contributed by atoms with Gasteiger partial charge in [-0.15, -0.1) is 6.58 Å². The van der Waals surface area contributed by atoms with Crippen LogP contribution in [0, 0.1) is 0 Å². The van der Waals surface area contributed by atoms with E-state index in [1.807, 2.05) is 18.2 Å². The van der Waals surface area contributed by atoms with Crippen LogP contribution < -0.4 is 4.90 Å². The van der Waals surface area contributed by atoms with E-state index in [2.05, 4.69) is 29.4 Å². The number of carbonyl (C=O) groups is 2. The Morgan fingerprint density at radius 2 is 1.96 bits per heavy atom. The van der Waals surface area contributed by atoms with Gasteiger partial charge in [0, 0.05) is 23.1 Å². The molecule has 2 heterocycles. The number of hydrogen-bond donors (Lipinski definition) is 0. The third kappa shape index (κ3) is 3.91. The van der Waals surface area contributed by atoms with Gasteiger partial charge in [0.05, 0.1) is 16.2 Å². The predicted octanol–water partition coefficient (Wildman–Crippen LogP) is 5.13. The number of hydrogen-bond acceptors (Lipinski definition) is 4. The molecule has 1 aromatic rings. The molecule has 1 aromatic carbocycles. The third-order valence-corrected chi connectivity index (χ3v) is 6.54. The highest BCUT2D eigenvalue weighted by Gasteiger charge is 2.41. The monoisotopic (exact) mass is 464 g/mol. The van der Waals surface area contributed by atoms with Gasteiger partial charge in [0.25, 0.3) is 11.8 Å². The number of anilines is 1. The van der Waals surface area contributed by atoms with Crippen LogP contribution in [-0.4, -0.2) is 34.1 Å². The summed E-state index contributed by atoms with van der Waals surface area (Å²) in [5, 5.41) is 0. The Kier molecular flexibility index (Phi) is 6.55. The van der Waals surface area contributed by atoms with Crippen LogP contribution in [0.5, 0.6) is 0 Å². The summed E-state index contributed by atoms with van der Waals surface area (Å²) < 4.78 is 1.34. The fourth-order valence-corrected chi connectivity index (χ4v) is 4.99. The summed E-state index contributed by atoms with van der Waals surface area (Å²) in [4.78, 5) is 29.8. The van der Waals surface area contributed by atoms with E-state index in [1.165, 1.54) is 16.7 Å². The Bertz CT molecular complexity index is 850. The van der Waals surface area contributed by atoms with Crippen molar-refractivity contribution in [1.82, 2.24) is 4.90 Å². The SMILES string of the molecule is C=CCN1C(=O)C(=C2C(=O)N(CCCCCC)c3ccc(Br)cc32)SC1=S. The molecule has 0 radical (unpaired) electrons. The molecule has 0 spiro atoms. The minimum absolute atomic E-state index is 0.112. The number of carbonyl (C=O) groups excluding carboxylic acids is 2. The smallest absolute Gasteiger partial charge is 0.267 e. The van der Waals surface area contributed by atoms with Gasteiger partial charge < -0.3 is 4.90 Å². The zero-order chi connectivity index (χ0) is 19.6. The second-order valence-electron chi connectivity index (χ2n) is 6.46. The van der Waals surface area contributed by atoms with Gasteiger partial charge in [0.2, 0.25) is 0 Å². The quantitative estimate of drug-likeness (QED) is 0.242. The molecule has 27 heavy (non-hydrogen) atoms. The third-order valence-electron chi connectivity index (χ3n) is 4.60. The maximum Gasteiger partial charge on any atom is 0.267 e. The van der Waals surface area contributed by atoms with Crippen LogP contribution in [0.4, 0.5) is 5.69 Å². The zero-order valence-corrected chi connectivity index (χ0v) is 18.4. The normalized spacial score (nSPS) is 19.3. The van der Waals surface area contributed by atoms with Crippen LogP contribution in [0.2, 0.25) is 0 Å². The fourth-order valence-electron chi connectivity index (χ4n) is 3.28. The highest BCUT2D eigenvalue weighted by Crippen LogP contribution is 2.45. The molecule has 0 aromatic heterocycles. The van der Waals surface area contributed by atoms with Gasteiger partial charge >= 0.3 is 0 Å². The first-order chi connectivity index (χ1) is 13.0. The van der Waals surface area contributed by atoms with Crippen LogP contribution in [0.3, 0.4) is 0 Å². The Labute approximate surface area is 177 Å². The van der Waals surface area contributed by atoms with Gasteiger partial charge in [-0.2, -0.15) is 0 Å². The summed E-state index contributed by atoms with van der Waals surface area (Å²) >= 11 is 10.0. The van der Waals surface area contributed by atoms with Crippen molar-refractivity contribution in [2.45, 2.75) is 32.6 Å². The van der Waals surface area contributed by atoms with Crippen molar-refractivity contribution in [2.75, 3.05) is 18.0 Å². The van der Waals surface area contributed by atoms with Crippen molar-refractivity contribution < 1.29 is 9.59 Å². The summed E-state index contributed by atoms with van der Waals surface area (Å²) in [6, 6.07) is 5.78. The van der Waals surface area contributed by atoms with Crippen LogP contribution in [0.15, 0.2) is 40.2 Å². The number of benzene rings is 1. The van der Waals surface area contributed by atoms with Gasteiger partial charge in [0.1, 0.15) is 4.32 Å². The average Bonchev–Trinajstić information content (AvgIpc) is 3.06. The lowest BCUT2D eigenvalue weighted by Crippen LogP contribution is -2.30. The van der Waals surface area contributed by atoms with Crippen LogP contribution >= 0.6 is 39.9 Å². The van der Waals surface area contributed by atoms with E-state index in [0.717, 1.165) is 41.4 Å². The highest BCUT2D eigenvalue weighted by atomic mass is 79.9. The average molecular weight is 465 g/mol. The highest BCUT2D eigenvalue weighted by molar-refractivity contribution is 9.10. The molecule has 0 bridgehead atoms. The molecule has 4 nitrogen and oxygen atoms in total. The molecule has 0 unspecified atom stereocenters. The molecule has 1 fully saturated rings. The molecule has 142 valence electrons. The minimum Gasteiger partial charge on any atom is -0.308 e. The summed E-state index contributed by atoms with van der Waals surface area (Å²) in [6.45, 7) is 6.85. The molecule has 2 aliphatic rings. The Hall–Kier alpha value is -1.44. The van der Waals surface area contributed by atoms with Crippen molar-refractivity contribution in [3.8, 4) is 0 Å². The topological polar surface area (TPSA) is 40.6 Å². The lowest BCUT2D eigenvalue weighted by Gasteiger charge is -2.17. The van der Waals surface area contributed by atoms with Crippen molar-refractivity contribution in [2.24, 2.45) is 0 Å². The van der Waals surface area contributed by atoms with Crippen LogP contribution in [0.25, 0.3) is 5.57 Å². The fraction of sp³-hybridized carbons (Fsp3) is 0.350. The van der Waals surface area contributed by atoms with Crippen molar-refractivity contribution in [1.29, 1.82) is 0 Å². The molecule has 3 rings (SSSR count). The van der Waals surface area contributed by atoms with Crippen molar-refractivity contribution in [3.05, 3.63) is 45.8 Å². The molecular weight excluding hydrogens is 444 g/mol. The number of halogens is 1. The van der Waals surface area contributed by atoms with E-state index >= 15 is 0 Å². The lowest BCUT2D eigenvalue weighted by molar-refractivity contribution is -0.122. The second-order valence-corrected chi connectivity index (χ2v) is 9.02. The molecule has 0 N–H and O–H groups in total. The first-order valence-electron chi connectivity index (χ1n) is 9.00. The number of nitrogens with zero attached hydrogens (tertiary/aromatic N) is 2. The number of rotatable bonds is 7. The molecule has 7 heteroatoms. The maximum absolute atomic E-state index is 13.2. The second kappa shape index (κ2) is 8.71. The van der Waals surface area contributed by atoms with Crippen molar-refractivity contribution >= 4 is 67.3 Å². The number of fused-ring (bicyclic) bond motifs is 1. The first-order valence-corrected chi connectivity index (χ1v) is 11.0. The summed E-state index contributed by atoms with van der Waals surface area (Å²) in [6.07, 6.45) is 5.97. The summed E-state index contributed by atoms with van der Waals surface area (Å²) in [7, 11) is 0. The van der Waals surface area contributed by atoms with Gasteiger partial charge in [-0.05, 0) is 24.6 Å². The number of unbranched alkanes of at least 4 members (excludes halogenated alkanes) is 3. The molecule has 0 aliphatic carbocycles. The van der Waals surface area contributed by atoms with Crippen LogP contribution in [-0.2, 0) is 9.59 Å². The lowest BCUT2D eigenvalue weighted by atomic mass is 10.1. The summed E-state index contributed by atoms with van der Waals surface area (Å²) in [5.41, 5.74) is 2.12. The molecule has 0 saturated carbocycles. The van der Waals surface area contributed by atoms with E-state index in [0.29, 0.717) is 27.9 Å². The molecule has 2 aliphatic heterocycles. The van der Waals surface area contributed by atoms with E-state index in [9.17, 15) is 9.59 Å². The Morgan fingerprint density at radius 1 is 1.19 bits per heavy atom. The molecule has 1 saturated heterocycles. The predicted molar refractivity (Wildman–Crippen MR) is 120 cm³/mol. The van der Waals surface area contributed by atoms with E-state index in [-0.39, 0.29) is 11.8 Å². The Balaban J connectivity index is 2.00. The van der Waals surface area contributed by atoms with Gasteiger partial charge in [-0.3, -0.25) is 14.5 Å². The number of thioether (sulfide) groups is 1. The maximum atomic E-state index is 13.2. The first kappa shape index (κ1) is 20.3. The Morgan fingerprint density at radius 3 is 2.67 bits per heavy atom.